The van der Waals surface area contributed by atoms with Crippen molar-refractivity contribution < 1.29 is 0 Å². The molecule has 2 aliphatic heterocycles. The van der Waals surface area contributed by atoms with E-state index in [1.165, 1.54) is 32.5 Å². The van der Waals surface area contributed by atoms with Gasteiger partial charge in [-0.05, 0) is 103 Å². The molecule has 0 saturated carbocycles. The fourth-order valence-corrected chi connectivity index (χ4v) is 16.8. The summed E-state index contributed by atoms with van der Waals surface area (Å²) in [7, 11) is 0. The summed E-state index contributed by atoms with van der Waals surface area (Å²) in [4.78, 5) is 5.43. The SMILES string of the molecule is c1ccc(-c2ccc3c(c2)N(c2c(-c4ccccc4)cccc2-c2ccccc2)c2cc(-n4c5ccccc5c5ccccc54)cc4c2B3c2ccc3c(c2N4c2c(-c4ccccc4)cccc2-c2ccccc2)c2ccccc2n3-c2c(-c3ccccc3)cccc2-c2ccccc2)cc1. The number of aromatic nitrogens is 2. The van der Waals surface area contributed by atoms with Gasteiger partial charge in [0.1, 0.15) is 0 Å². The molecule has 20 rings (SSSR count). The van der Waals surface area contributed by atoms with Crippen LogP contribution in [0.5, 0.6) is 0 Å². The molecule has 2 aliphatic rings. The van der Waals surface area contributed by atoms with Crippen molar-refractivity contribution in [3.8, 4) is 89.3 Å². The van der Waals surface area contributed by atoms with E-state index in [0.29, 0.717) is 0 Å². The molecule has 4 heterocycles. The van der Waals surface area contributed by atoms with E-state index in [2.05, 4.69) is 401 Å². The van der Waals surface area contributed by atoms with Gasteiger partial charge in [-0.1, -0.05) is 340 Å². The van der Waals surface area contributed by atoms with Crippen LogP contribution in [-0.4, -0.2) is 15.8 Å². The van der Waals surface area contributed by atoms with Crippen molar-refractivity contribution >= 4 is 101 Å². The zero-order valence-corrected chi connectivity index (χ0v) is 55.2. The van der Waals surface area contributed by atoms with Gasteiger partial charge < -0.3 is 18.9 Å². The van der Waals surface area contributed by atoms with E-state index in [4.69, 9.17) is 0 Å². The predicted octanol–water partition coefficient (Wildman–Crippen LogP) is 23.6. The van der Waals surface area contributed by atoms with E-state index in [1.807, 2.05) is 0 Å². The molecule has 0 N–H and O–H groups in total. The molecule has 0 saturated heterocycles. The summed E-state index contributed by atoms with van der Waals surface area (Å²) in [6.07, 6.45) is 0. The number of benzene rings is 16. The first-order valence-corrected chi connectivity index (χ1v) is 34.9. The predicted molar refractivity (Wildman–Crippen MR) is 427 cm³/mol. The van der Waals surface area contributed by atoms with Gasteiger partial charge in [0.15, 0.2) is 0 Å². The molecule has 0 fully saturated rings. The molecule has 16 aromatic carbocycles. The van der Waals surface area contributed by atoms with Gasteiger partial charge in [-0.15, -0.1) is 0 Å². The maximum Gasteiger partial charge on any atom is 0.252 e. The minimum Gasteiger partial charge on any atom is -0.310 e. The molecule has 4 nitrogen and oxygen atoms in total. The van der Waals surface area contributed by atoms with Crippen LogP contribution in [0.2, 0.25) is 0 Å². The lowest BCUT2D eigenvalue weighted by Crippen LogP contribution is -2.61. The molecule has 0 atom stereocenters. The maximum atomic E-state index is 2.75. The van der Waals surface area contributed by atoms with Gasteiger partial charge in [-0.25, -0.2) is 0 Å². The van der Waals surface area contributed by atoms with E-state index in [1.54, 1.807) is 0 Å². The smallest absolute Gasteiger partial charge is 0.252 e. The third-order valence-electron chi connectivity index (χ3n) is 21.1. The van der Waals surface area contributed by atoms with Crippen LogP contribution in [0.4, 0.5) is 34.1 Å². The normalized spacial score (nSPS) is 12.3. The Balaban J connectivity index is 1.01. The van der Waals surface area contributed by atoms with Gasteiger partial charge in [0.05, 0.1) is 50.5 Å². The fraction of sp³-hybridized carbons (Fsp3) is 0. The van der Waals surface area contributed by atoms with Crippen molar-refractivity contribution in [3.05, 3.63) is 382 Å². The molecule has 0 radical (unpaired) electrons. The molecular formula is C96H63BN4. The summed E-state index contributed by atoms with van der Waals surface area (Å²) in [6, 6.07) is 142. The Morgan fingerprint density at radius 3 is 0.980 bits per heavy atom. The zero-order chi connectivity index (χ0) is 66.5. The molecule has 0 bridgehead atoms. The molecule has 470 valence electrons. The van der Waals surface area contributed by atoms with E-state index in [-0.39, 0.29) is 6.71 Å². The lowest BCUT2D eigenvalue weighted by molar-refractivity contribution is 1.16. The second-order valence-corrected chi connectivity index (χ2v) is 26.6. The third kappa shape index (κ3) is 9.24. The molecule has 2 aromatic heterocycles. The summed E-state index contributed by atoms with van der Waals surface area (Å²) in [5.41, 5.74) is 32.9. The van der Waals surface area contributed by atoms with Gasteiger partial charge in [0.2, 0.25) is 0 Å². The zero-order valence-electron chi connectivity index (χ0n) is 55.2. The molecular weight excluding hydrogens is 1220 g/mol. The van der Waals surface area contributed by atoms with Crippen LogP contribution in [0.25, 0.3) is 133 Å². The molecule has 0 spiro atoms. The molecule has 0 unspecified atom stereocenters. The first-order chi connectivity index (χ1) is 50.2. The Morgan fingerprint density at radius 2 is 0.545 bits per heavy atom. The van der Waals surface area contributed by atoms with E-state index >= 15 is 0 Å². The van der Waals surface area contributed by atoms with Crippen LogP contribution in [0.3, 0.4) is 0 Å². The third-order valence-corrected chi connectivity index (χ3v) is 21.1. The van der Waals surface area contributed by atoms with Crippen LogP contribution >= 0.6 is 0 Å². The van der Waals surface area contributed by atoms with Crippen LogP contribution < -0.4 is 26.2 Å². The van der Waals surface area contributed by atoms with Crippen LogP contribution in [0.15, 0.2) is 382 Å². The monoisotopic (exact) mass is 1280 g/mol. The van der Waals surface area contributed by atoms with Crippen molar-refractivity contribution in [2.24, 2.45) is 0 Å². The molecule has 0 amide bonds. The van der Waals surface area contributed by atoms with Gasteiger partial charge >= 0.3 is 0 Å². The van der Waals surface area contributed by atoms with Crippen LogP contribution in [-0.2, 0) is 0 Å². The summed E-state index contributed by atoms with van der Waals surface area (Å²) in [5.74, 6) is 0. The Kier molecular flexibility index (Phi) is 13.7. The first kappa shape index (κ1) is 58.0. The number of anilines is 6. The van der Waals surface area contributed by atoms with Crippen molar-refractivity contribution in [1.29, 1.82) is 0 Å². The minimum atomic E-state index is -0.286. The second kappa shape index (κ2) is 23.8. The van der Waals surface area contributed by atoms with Gasteiger partial charge in [0.25, 0.3) is 6.71 Å². The average Bonchev–Trinajstić information content (AvgIpc) is 1.65. The van der Waals surface area contributed by atoms with Crippen LogP contribution in [0.1, 0.15) is 0 Å². The summed E-state index contributed by atoms with van der Waals surface area (Å²) >= 11 is 0. The highest BCUT2D eigenvalue weighted by atomic mass is 15.2. The Labute approximate surface area is 587 Å². The van der Waals surface area contributed by atoms with Gasteiger partial charge in [0, 0.05) is 72.0 Å². The Morgan fingerprint density at radius 1 is 0.198 bits per heavy atom. The van der Waals surface area contributed by atoms with E-state index < -0.39 is 0 Å². The standard InChI is InChI=1S/C96H63BN4/c1-8-31-64(32-9-1)71-57-58-82-88(61-71)100(94-75(67-37-14-4-15-38-67)50-29-51-76(94)68-39-16-5-17-40-68)89-62-72(98-84-54-25-22-45-79(84)80-46-23-26-55-85(80)98)63-90-92(89)97(82)83-59-60-87-91(96(83)101(90)95-77(69-41-18-6-19-42-69)52-30-53-78(95)70-43-20-7-21-44-70)81-47-24-27-56-86(81)99(87)93-73(65-33-10-2-11-34-65)48-28-49-74(93)66-35-12-3-13-36-66/h1-63H. The maximum absolute atomic E-state index is 2.75. The highest BCUT2D eigenvalue weighted by molar-refractivity contribution is 7.00. The largest absolute Gasteiger partial charge is 0.310 e. The van der Waals surface area contributed by atoms with Gasteiger partial charge in [-0.2, -0.15) is 0 Å². The lowest BCUT2D eigenvalue weighted by atomic mass is 9.33. The Bertz CT molecular complexity index is 6020. The molecule has 0 aliphatic carbocycles. The van der Waals surface area contributed by atoms with Crippen molar-refractivity contribution in [2.75, 3.05) is 9.80 Å². The average molecular weight is 1280 g/mol. The highest BCUT2D eigenvalue weighted by Crippen LogP contribution is 2.56. The lowest BCUT2D eigenvalue weighted by Gasteiger charge is -2.46. The van der Waals surface area contributed by atoms with Crippen molar-refractivity contribution in [1.82, 2.24) is 9.13 Å². The molecule has 5 heteroatoms. The number of para-hydroxylation sites is 6. The Hall–Kier alpha value is -13.2. The summed E-state index contributed by atoms with van der Waals surface area (Å²) in [6.45, 7) is -0.286. The van der Waals surface area contributed by atoms with Gasteiger partial charge in [-0.3, -0.25) is 0 Å². The topological polar surface area (TPSA) is 16.3 Å². The number of rotatable bonds is 11. The number of hydrogen-bond acceptors (Lipinski definition) is 2. The summed E-state index contributed by atoms with van der Waals surface area (Å²) < 4.78 is 5.14. The second-order valence-electron chi connectivity index (χ2n) is 26.6. The minimum absolute atomic E-state index is 0.286. The quantitative estimate of drug-likeness (QED) is 0.120. The fourth-order valence-electron chi connectivity index (χ4n) is 16.8. The number of nitrogens with zero attached hydrogens (tertiary/aromatic N) is 4. The van der Waals surface area contributed by atoms with Crippen molar-refractivity contribution in [3.63, 3.8) is 0 Å². The van der Waals surface area contributed by atoms with Crippen LogP contribution in [0, 0.1) is 0 Å². The summed E-state index contributed by atoms with van der Waals surface area (Å²) in [5, 5.41) is 4.73. The molecule has 18 aromatic rings. The van der Waals surface area contributed by atoms with E-state index in [0.717, 1.165) is 151 Å². The molecule has 101 heavy (non-hydrogen) atoms. The number of fused-ring (bicyclic) bond motifs is 11. The first-order valence-electron chi connectivity index (χ1n) is 34.9. The van der Waals surface area contributed by atoms with E-state index in [9.17, 15) is 0 Å². The highest BCUT2D eigenvalue weighted by Gasteiger charge is 2.47. The number of hydrogen-bond donors (Lipinski definition) is 0. The van der Waals surface area contributed by atoms with Crippen molar-refractivity contribution in [2.45, 2.75) is 0 Å².